The lowest BCUT2D eigenvalue weighted by Gasteiger charge is -1.99. The molecule has 1 unspecified atom stereocenters. The van der Waals surface area contributed by atoms with Crippen LogP contribution in [0.3, 0.4) is 0 Å². The molecule has 2 N–H and O–H groups in total. The van der Waals surface area contributed by atoms with E-state index in [1.165, 1.54) is 0 Å². The number of carbonyl (C=O) groups excluding carboxylic acids is 1. The maximum absolute atomic E-state index is 11.3. The van der Waals surface area contributed by atoms with Gasteiger partial charge in [0.15, 0.2) is 5.76 Å². The average molecular weight is 218 g/mol. The Hall–Kier alpha value is -1.00. The zero-order valence-corrected chi connectivity index (χ0v) is 8.54. The third kappa shape index (κ3) is 2.75. The molecule has 1 rings (SSSR count). The van der Waals surface area contributed by atoms with Crippen LogP contribution in [0.4, 0.5) is 0 Å². The molecule has 0 aliphatic heterocycles. The second-order valence-corrected chi connectivity index (χ2v) is 3.45. The first-order chi connectivity index (χ1) is 6.65. The Kier molecular flexibility index (Phi) is 3.98. The number of aliphatic hydroxyl groups excluding tert-OH is 1. The molecule has 1 heterocycles. The summed E-state index contributed by atoms with van der Waals surface area (Å²) in [5, 5.41) is 10.7. The predicted octanol–water partition coefficient (Wildman–Crippen LogP) is 1.30. The highest BCUT2D eigenvalue weighted by molar-refractivity contribution is 6.20. The van der Waals surface area contributed by atoms with E-state index in [0.717, 1.165) is 0 Å². The van der Waals surface area contributed by atoms with Gasteiger partial charge < -0.3 is 14.8 Å². The van der Waals surface area contributed by atoms with Gasteiger partial charge in [0.2, 0.25) is 0 Å². The molecular weight excluding hydrogens is 206 g/mol. The molecule has 4 nitrogen and oxygen atoms in total. The van der Waals surface area contributed by atoms with E-state index >= 15 is 0 Å². The number of halogens is 1. The molecule has 78 valence electrons. The van der Waals surface area contributed by atoms with E-state index in [1.54, 1.807) is 19.1 Å². The van der Waals surface area contributed by atoms with Crippen LogP contribution in [0.15, 0.2) is 16.5 Å². The lowest BCUT2D eigenvalue weighted by atomic mass is 10.3. The summed E-state index contributed by atoms with van der Waals surface area (Å²) >= 11 is 5.76. The zero-order valence-electron chi connectivity index (χ0n) is 7.79. The molecule has 0 bridgehead atoms. The van der Waals surface area contributed by atoms with Gasteiger partial charge in [0, 0.05) is 6.54 Å². The van der Waals surface area contributed by atoms with Crippen molar-refractivity contribution in [1.29, 1.82) is 0 Å². The molecule has 0 spiro atoms. The number of carbonyl (C=O) groups is 1. The number of amides is 1. The summed E-state index contributed by atoms with van der Waals surface area (Å²) in [7, 11) is 0. The standard InChI is InChI=1S/C9H12ClNO3/c1-6(10)7-2-3-8(14-7)9(13)11-4-5-12/h2-3,6,12H,4-5H2,1H3,(H,11,13). The van der Waals surface area contributed by atoms with E-state index in [0.29, 0.717) is 5.76 Å². The van der Waals surface area contributed by atoms with Gasteiger partial charge in [0.25, 0.3) is 5.91 Å². The van der Waals surface area contributed by atoms with E-state index in [-0.39, 0.29) is 30.2 Å². The number of hydrogen-bond acceptors (Lipinski definition) is 3. The van der Waals surface area contributed by atoms with Crippen molar-refractivity contribution in [2.24, 2.45) is 0 Å². The van der Waals surface area contributed by atoms with Crippen molar-refractivity contribution in [2.45, 2.75) is 12.3 Å². The highest BCUT2D eigenvalue weighted by Crippen LogP contribution is 2.21. The molecule has 0 aliphatic carbocycles. The molecule has 1 atom stereocenters. The van der Waals surface area contributed by atoms with Crippen molar-refractivity contribution < 1.29 is 14.3 Å². The topological polar surface area (TPSA) is 62.5 Å². The van der Waals surface area contributed by atoms with Crippen LogP contribution in [-0.2, 0) is 0 Å². The van der Waals surface area contributed by atoms with Gasteiger partial charge in [-0.3, -0.25) is 4.79 Å². The summed E-state index contributed by atoms with van der Waals surface area (Å²) in [6.07, 6.45) is 0. The van der Waals surface area contributed by atoms with Crippen LogP contribution < -0.4 is 5.32 Å². The summed E-state index contributed by atoms with van der Waals surface area (Å²) in [6.45, 7) is 1.88. The summed E-state index contributed by atoms with van der Waals surface area (Å²) in [5.74, 6) is 0.421. The Bertz CT molecular complexity index is 309. The molecule has 0 saturated heterocycles. The Morgan fingerprint density at radius 2 is 2.43 bits per heavy atom. The van der Waals surface area contributed by atoms with E-state index in [9.17, 15) is 4.79 Å². The third-order valence-electron chi connectivity index (χ3n) is 1.64. The summed E-state index contributed by atoms with van der Waals surface area (Å²) in [5.41, 5.74) is 0. The van der Waals surface area contributed by atoms with E-state index in [1.807, 2.05) is 0 Å². The molecule has 0 saturated carbocycles. The Morgan fingerprint density at radius 3 is 2.93 bits per heavy atom. The molecular formula is C9H12ClNO3. The van der Waals surface area contributed by atoms with Crippen LogP contribution >= 0.6 is 11.6 Å². The van der Waals surface area contributed by atoms with E-state index < -0.39 is 0 Å². The lowest BCUT2D eigenvalue weighted by Crippen LogP contribution is -2.25. The lowest BCUT2D eigenvalue weighted by molar-refractivity contribution is 0.0915. The van der Waals surface area contributed by atoms with Crippen LogP contribution in [0.25, 0.3) is 0 Å². The molecule has 14 heavy (non-hydrogen) atoms. The number of alkyl halides is 1. The van der Waals surface area contributed by atoms with Gasteiger partial charge in [-0.05, 0) is 19.1 Å². The molecule has 1 aromatic rings. The van der Waals surface area contributed by atoms with Crippen LogP contribution in [0.2, 0.25) is 0 Å². The Balaban J connectivity index is 2.62. The highest BCUT2D eigenvalue weighted by atomic mass is 35.5. The molecule has 5 heteroatoms. The summed E-state index contributed by atoms with van der Waals surface area (Å²) in [6, 6.07) is 3.21. The van der Waals surface area contributed by atoms with Crippen molar-refractivity contribution in [1.82, 2.24) is 5.32 Å². The SMILES string of the molecule is CC(Cl)c1ccc(C(=O)NCCO)o1. The first-order valence-electron chi connectivity index (χ1n) is 4.28. The normalized spacial score (nSPS) is 12.5. The second-order valence-electron chi connectivity index (χ2n) is 2.80. The Labute approximate surface area is 86.9 Å². The van der Waals surface area contributed by atoms with E-state index in [4.69, 9.17) is 21.1 Å². The van der Waals surface area contributed by atoms with Gasteiger partial charge in [-0.1, -0.05) is 0 Å². The van der Waals surface area contributed by atoms with Crippen LogP contribution in [0.1, 0.15) is 28.6 Å². The summed E-state index contributed by atoms with van der Waals surface area (Å²) in [4.78, 5) is 11.3. The largest absolute Gasteiger partial charge is 0.454 e. The van der Waals surface area contributed by atoms with Crippen molar-refractivity contribution in [3.8, 4) is 0 Å². The maximum Gasteiger partial charge on any atom is 0.287 e. The van der Waals surface area contributed by atoms with Crippen LogP contribution in [0.5, 0.6) is 0 Å². The van der Waals surface area contributed by atoms with Gasteiger partial charge in [-0.25, -0.2) is 0 Å². The van der Waals surface area contributed by atoms with Gasteiger partial charge >= 0.3 is 0 Å². The number of nitrogens with one attached hydrogen (secondary N) is 1. The minimum absolute atomic E-state index is 0.0920. The van der Waals surface area contributed by atoms with Gasteiger partial charge in [0.05, 0.1) is 12.0 Å². The number of hydrogen-bond donors (Lipinski definition) is 2. The first-order valence-corrected chi connectivity index (χ1v) is 4.71. The van der Waals surface area contributed by atoms with Gasteiger partial charge in [-0.15, -0.1) is 11.6 Å². The number of aliphatic hydroxyl groups is 1. The zero-order chi connectivity index (χ0) is 10.6. The summed E-state index contributed by atoms with van der Waals surface area (Å²) < 4.78 is 5.18. The van der Waals surface area contributed by atoms with Crippen molar-refractivity contribution in [3.63, 3.8) is 0 Å². The third-order valence-corrected chi connectivity index (χ3v) is 1.86. The maximum atomic E-state index is 11.3. The molecule has 0 aliphatic rings. The van der Waals surface area contributed by atoms with Crippen molar-refractivity contribution in [3.05, 3.63) is 23.7 Å². The number of rotatable bonds is 4. The van der Waals surface area contributed by atoms with Gasteiger partial charge in [0.1, 0.15) is 5.76 Å². The van der Waals surface area contributed by atoms with Gasteiger partial charge in [-0.2, -0.15) is 0 Å². The minimum atomic E-state index is -0.345. The molecule has 0 fully saturated rings. The van der Waals surface area contributed by atoms with E-state index in [2.05, 4.69) is 5.32 Å². The molecule has 1 amide bonds. The first kappa shape index (κ1) is 11.1. The number of furan rings is 1. The minimum Gasteiger partial charge on any atom is -0.454 e. The quantitative estimate of drug-likeness (QED) is 0.748. The predicted molar refractivity (Wildman–Crippen MR) is 52.4 cm³/mol. The monoisotopic (exact) mass is 217 g/mol. The second kappa shape index (κ2) is 5.02. The highest BCUT2D eigenvalue weighted by Gasteiger charge is 2.12. The molecule has 0 aromatic carbocycles. The fraction of sp³-hybridized carbons (Fsp3) is 0.444. The molecule has 1 aromatic heterocycles. The Morgan fingerprint density at radius 1 is 1.71 bits per heavy atom. The fourth-order valence-corrected chi connectivity index (χ4v) is 1.06. The smallest absolute Gasteiger partial charge is 0.287 e. The fourth-order valence-electron chi connectivity index (χ4n) is 0.945. The van der Waals surface area contributed by atoms with Crippen LogP contribution in [-0.4, -0.2) is 24.2 Å². The molecule has 0 radical (unpaired) electrons. The van der Waals surface area contributed by atoms with Crippen LogP contribution in [0, 0.1) is 0 Å². The average Bonchev–Trinajstić information content (AvgIpc) is 2.62. The van der Waals surface area contributed by atoms with Crippen molar-refractivity contribution in [2.75, 3.05) is 13.2 Å². The van der Waals surface area contributed by atoms with Crippen molar-refractivity contribution >= 4 is 17.5 Å².